The molecule has 0 spiro atoms. The zero-order chi connectivity index (χ0) is 17.3. The second kappa shape index (κ2) is 6.81. The highest BCUT2D eigenvalue weighted by atomic mass is 79.9. The standard InChI is InChI=1S/C16H20BrFN2O2S/c1-15(2,3)22-14(21)19-13-20-16(4,7-8-23-13)11-9-10(17)5-6-12(11)18/h5-6,9H,7-8H2,1-4H3,(H,19,20,21)/t16-/m0/s1. The van der Waals surface area contributed by atoms with Gasteiger partial charge in [-0.3, -0.25) is 10.3 Å². The summed E-state index contributed by atoms with van der Waals surface area (Å²) in [5.74, 6) is 0.430. The molecule has 126 valence electrons. The van der Waals surface area contributed by atoms with Gasteiger partial charge in [0, 0.05) is 15.8 Å². The summed E-state index contributed by atoms with van der Waals surface area (Å²) < 4.78 is 20.2. The average Bonchev–Trinajstić information content (AvgIpc) is 2.39. The van der Waals surface area contributed by atoms with Crippen LogP contribution >= 0.6 is 27.7 Å². The molecule has 1 amide bonds. The van der Waals surface area contributed by atoms with Gasteiger partial charge in [0.15, 0.2) is 5.17 Å². The van der Waals surface area contributed by atoms with Crippen LogP contribution in [0.5, 0.6) is 0 Å². The first-order chi connectivity index (χ1) is 10.6. The van der Waals surface area contributed by atoms with E-state index in [4.69, 9.17) is 4.74 Å². The van der Waals surface area contributed by atoms with Crippen molar-refractivity contribution in [3.8, 4) is 0 Å². The summed E-state index contributed by atoms with van der Waals surface area (Å²) in [7, 11) is 0. The number of thioether (sulfide) groups is 1. The van der Waals surface area contributed by atoms with Crippen LogP contribution in [0.4, 0.5) is 9.18 Å². The number of rotatable bonds is 1. The summed E-state index contributed by atoms with van der Waals surface area (Å²) in [4.78, 5) is 16.4. The van der Waals surface area contributed by atoms with Crippen LogP contribution in [0, 0.1) is 5.82 Å². The number of benzene rings is 1. The molecule has 4 nitrogen and oxygen atoms in total. The minimum atomic E-state index is -0.719. The fourth-order valence-corrected chi connectivity index (χ4v) is 3.69. The highest BCUT2D eigenvalue weighted by Gasteiger charge is 2.33. The first-order valence-corrected chi connectivity index (χ1v) is 9.05. The Balaban J connectivity index is 2.23. The summed E-state index contributed by atoms with van der Waals surface area (Å²) in [6, 6.07) is 4.81. The molecule has 1 N–H and O–H groups in total. The number of aliphatic imine (C=N–C) groups is 1. The van der Waals surface area contributed by atoms with Gasteiger partial charge in [-0.25, -0.2) is 9.18 Å². The molecule has 1 aliphatic rings. The second-order valence-corrected chi connectivity index (χ2v) is 8.54. The maximum absolute atomic E-state index is 14.2. The molecule has 0 fully saturated rings. The van der Waals surface area contributed by atoms with Crippen molar-refractivity contribution in [2.75, 3.05) is 5.75 Å². The fraction of sp³-hybridized carbons (Fsp3) is 0.500. The summed E-state index contributed by atoms with van der Waals surface area (Å²) in [5, 5.41) is 3.10. The Labute approximate surface area is 148 Å². The molecule has 0 saturated heterocycles. The van der Waals surface area contributed by atoms with Gasteiger partial charge in [0.1, 0.15) is 11.4 Å². The first-order valence-electron chi connectivity index (χ1n) is 7.27. The van der Waals surface area contributed by atoms with Crippen LogP contribution < -0.4 is 5.32 Å². The molecule has 0 aliphatic carbocycles. The molecule has 1 aromatic rings. The van der Waals surface area contributed by atoms with E-state index in [1.165, 1.54) is 17.8 Å². The molecule has 0 bridgehead atoms. The van der Waals surface area contributed by atoms with E-state index < -0.39 is 17.2 Å². The van der Waals surface area contributed by atoms with Gasteiger partial charge in [0.05, 0.1) is 5.54 Å². The number of hydrogen-bond donors (Lipinski definition) is 1. The van der Waals surface area contributed by atoms with Crippen LogP contribution in [0.15, 0.2) is 27.7 Å². The van der Waals surface area contributed by atoms with E-state index in [2.05, 4.69) is 26.2 Å². The highest BCUT2D eigenvalue weighted by Crippen LogP contribution is 2.37. The monoisotopic (exact) mass is 402 g/mol. The molecule has 0 radical (unpaired) electrons. The van der Waals surface area contributed by atoms with Gasteiger partial charge in [0.25, 0.3) is 0 Å². The lowest BCUT2D eigenvalue weighted by Gasteiger charge is -2.31. The maximum Gasteiger partial charge on any atom is 0.413 e. The predicted octanol–water partition coefficient (Wildman–Crippen LogP) is 4.82. The maximum atomic E-state index is 14.2. The lowest BCUT2D eigenvalue weighted by Crippen LogP contribution is -2.38. The van der Waals surface area contributed by atoms with Crippen LogP contribution in [0.1, 0.15) is 39.7 Å². The minimum Gasteiger partial charge on any atom is -0.444 e. The topological polar surface area (TPSA) is 50.7 Å². The molecular weight excluding hydrogens is 383 g/mol. The van der Waals surface area contributed by atoms with Crippen LogP contribution in [0.2, 0.25) is 0 Å². The van der Waals surface area contributed by atoms with Crippen LogP contribution in [0.25, 0.3) is 0 Å². The number of amidine groups is 1. The van der Waals surface area contributed by atoms with Crippen LogP contribution in [-0.4, -0.2) is 22.6 Å². The van der Waals surface area contributed by atoms with Gasteiger partial charge in [-0.1, -0.05) is 27.7 Å². The third-order valence-corrected chi connectivity index (χ3v) is 4.66. The van der Waals surface area contributed by atoms with Crippen molar-refractivity contribution in [1.82, 2.24) is 5.32 Å². The van der Waals surface area contributed by atoms with Crippen LogP contribution in [-0.2, 0) is 10.3 Å². The third kappa shape index (κ3) is 4.94. The molecule has 23 heavy (non-hydrogen) atoms. The highest BCUT2D eigenvalue weighted by molar-refractivity contribution is 9.10. The van der Waals surface area contributed by atoms with E-state index >= 15 is 0 Å². The van der Waals surface area contributed by atoms with Gasteiger partial charge in [-0.05, 0) is 52.3 Å². The van der Waals surface area contributed by atoms with E-state index in [0.717, 1.165) is 10.2 Å². The summed E-state index contributed by atoms with van der Waals surface area (Å²) in [6.07, 6.45) is 0.132. The number of amides is 1. The number of carbonyl (C=O) groups is 1. The van der Waals surface area contributed by atoms with E-state index in [0.29, 0.717) is 17.2 Å². The Bertz CT molecular complexity index is 645. The molecule has 1 aliphatic heterocycles. The molecule has 7 heteroatoms. The Kier molecular flexibility index (Phi) is 5.41. The van der Waals surface area contributed by atoms with Crippen molar-refractivity contribution in [1.29, 1.82) is 0 Å². The van der Waals surface area contributed by atoms with Crippen molar-refractivity contribution in [3.63, 3.8) is 0 Å². The molecule has 1 atom stereocenters. The smallest absolute Gasteiger partial charge is 0.413 e. The van der Waals surface area contributed by atoms with E-state index in [-0.39, 0.29) is 5.82 Å². The Morgan fingerprint density at radius 3 is 2.83 bits per heavy atom. The fourth-order valence-electron chi connectivity index (χ4n) is 2.22. The van der Waals surface area contributed by atoms with Crippen molar-refractivity contribution >= 4 is 39.0 Å². The van der Waals surface area contributed by atoms with Gasteiger partial charge >= 0.3 is 6.09 Å². The SMILES string of the molecule is CC(C)(C)OC(=O)NC1=N[C@](C)(c2cc(Br)ccc2F)CCS1. The predicted molar refractivity (Wildman–Crippen MR) is 95.3 cm³/mol. The zero-order valence-corrected chi connectivity index (χ0v) is 16.0. The van der Waals surface area contributed by atoms with Gasteiger partial charge < -0.3 is 4.74 Å². The third-order valence-electron chi connectivity index (χ3n) is 3.29. The molecular formula is C16H20BrFN2O2S. The number of nitrogens with zero attached hydrogens (tertiary/aromatic N) is 1. The number of halogens is 2. The van der Waals surface area contributed by atoms with Crippen molar-refractivity contribution in [2.24, 2.45) is 4.99 Å². The molecule has 1 aromatic carbocycles. The number of carbonyl (C=O) groups excluding carboxylic acids is 1. The largest absolute Gasteiger partial charge is 0.444 e. The molecule has 0 saturated carbocycles. The van der Waals surface area contributed by atoms with Crippen molar-refractivity contribution in [3.05, 3.63) is 34.1 Å². The van der Waals surface area contributed by atoms with Gasteiger partial charge in [-0.2, -0.15) is 0 Å². The number of ether oxygens (including phenoxy) is 1. The van der Waals surface area contributed by atoms with Crippen molar-refractivity contribution < 1.29 is 13.9 Å². The molecule has 0 aromatic heterocycles. The van der Waals surface area contributed by atoms with Gasteiger partial charge in [-0.15, -0.1) is 0 Å². The number of nitrogens with one attached hydrogen (secondary N) is 1. The van der Waals surface area contributed by atoms with Crippen molar-refractivity contribution in [2.45, 2.75) is 45.3 Å². The minimum absolute atomic E-state index is 0.303. The lowest BCUT2D eigenvalue weighted by molar-refractivity contribution is 0.0564. The van der Waals surface area contributed by atoms with E-state index in [1.54, 1.807) is 32.9 Å². The summed E-state index contributed by atoms with van der Waals surface area (Å²) >= 11 is 4.79. The van der Waals surface area contributed by atoms with Crippen LogP contribution in [0.3, 0.4) is 0 Å². The summed E-state index contributed by atoms with van der Waals surface area (Å²) in [5.41, 5.74) is -0.789. The van der Waals surface area contributed by atoms with E-state index in [9.17, 15) is 9.18 Å². The molecule has 2 rings (SSSR count). The average molecular weight is 403 g/mol. The normalized spacial score (nSPS) is 21.6. The Morgan fingerprint density at radius 1 is 1.48 bits per heavy atom. The Morgan fingerprint density at radius 2 is 2.17 bits per heavy atom. The Hall–Kier alpha value is -1.08. The second-order valence-electron chi connectivity index (χ2n) is 6.54. The van der Waals surface area contributed by atoms with E-state index in [1.807, 2.05) is 6.92 Å². The lowest BCUT2D eigenvalue weighted by atomic mass is 9.89. The number of alkyl carbamates (subject to hydrolysis) is 1. The molecule has 0 unspecified atom stereocenters. The summed E-state index contributed by atoms with van der Waals surface area (Å²) in [6.45, 7) is 7.25. The van der Waals surface area contributed by atoms with Gasteiger partial charge in [0.2, 0.25) is 0 Å². The zero-order valence-electron chi connectivity index (χ0n) is 13.6. The molecule has 1 heterocycles. The first kappa shape index (κ1) is 18.3. The number of hydrogen-bond acceptors (Lipinski definition) is 4. The quantitative estimate of drug-likeness (QED) is 0.732.